The normalized spacial score (nSPS) is 9.84. The van der Waals surface area contributed by atoms with Crippen LogP contribution >= 0.6 is 0 Å². The number of nitro groups is 1. The summed E-state index contributed by atoms with van der Waals surface area (Å²) >= 11 is 0. The molecule has 0 radical (unpaired) electrons. The molecule has 0 spiro atoms. The predicted octanol–water partition coefficient (Wildman–Crippen LogP) is 1.85. The Bertz CT molecular complexity index is 568. The Morgan fingerprint density at radius 3 is 2.58 bits per heavy atom. The van der Waals surface area contributed by atoms with Gasteiger partial charge in [-0.1, -0.05) is 0 Å². The summed E-state index contributed by atoms with van der Waals surface area (Å²) < 4.78 is 32.6. The van der Waals surface area contributed by atoms with Gasteiger partial charge in [-0.15, -0.1) is 0 Å². The first-order valence-corrected chi connectivity index (χ1v) is 4.66. The van der Waals surface area contributed by atoms with Gasteiger partial charge in [0.05, 0.1) is 12.0 Å². The SMILES string of the molecule is COC(=O)c1cc(OC(F)F)c(C#N)cc1[N+](=O)[O-]. The molecule has 1 aromatic rings. The lowest BCUT2D eigenvalue weighted by Crippen LogP contribution is -2.09. The summed E-state index contributed by atoms with van der Waals surface area (Å²) in [5, 5.41) is 19.5. The van der Waals surface area contributed by atoms with E-state index in [2.05, 4.69) is 9.47 Å². The third kappa shape index (κ3) is 3.12. The van der Waals surface area contributed by atoms with E-state index in [0.29, 0.717) is 12.1 Å². The molecule has 0 aromatic heterocycles. The predicted molar refractivity (Wildman–Crippen MR) is 55.8 cm³/mol. The number of nitriles is 1. The Balaban J connectivity index is 3.48. The second kappa shape index (κ2) is 5.72. The first-order valence-electron chi connectivity index (χ1n) is 4.66. The molecule has 1 rings (SSSR count). The van der Waals surface area contributed by atoms with Crippen LogP contribution in [0.1, 0.15) is 15.9 Å². The molecule has 1 aromatic carbocycles. The van der Waals surface area contributed by atoms with E-state index >= 15 is 0 Å². The fourth-order valence-electron chi connectivity index (χ4n) is 1.27. The van der Waals surface area contributed by atoms with E-state index in [1.165, 1.54) is 6.07 Å². The topological polar surface area (TPSA) is 102 Å². The summed E-state index contributed by atoms with van der Waals surface area (Å²) in [6.45, 7) is -3.24. The van der Waals surface area contributed by atoms with Gasteiger partial charge in [0, 0.05) is 12.1 Å². The molecule has 0 N–H and O–H groups in total. The monoisotopic (exact) mass is 272 g/mol. The van der Waals surface area contributed by atoms with Crippen LogP contribution in [0.25, 0.3) is 0 Å². The third-order valence-electron chi connectivity index (χ3n) is 2.04. The number of hydrogen-bond acceptors (Lipinski definition) is 6. The first kappa shape index (κ1) is 14.3. The Hall–Kier alpha value is -2.76. The maximum atomic E-state index is 12.1. The molecule has 0 bridgehead atoms. The largest absolute Gasteiger partial charge is 0.465 e. The van der Waals surface area contributed by atoms with E-state index in [0.717, 1.165) is 7.11 Å². The van der Waals surface area contributed by atoms with E-state index in [-0.39, 0.29) is 0 Å². The van der Waals surface area contributed by atoms with Gasteiger partial charge in [-0.05, 0) is 0 Å². The molecule has 0 aliphatic carbocycles. The summed E-state index contributed by atoms with van der Waals surface area (Å²) in [6.07, 6.45) is 0. The quantitative estimate of drug-likeness (QED) is 0.470. The number of ether oxygens (including phenoxy) is 2. The van der Waals surface area contributed by atoms with Crippen molar-refractivity contribution >= 4 is 11.7 Å². The van der Waals surface area contributed by atoms with Crippen LogP contribution in [0.5, 0.6) is 5.75 Å². The minimum absolute atomic E-state index is 0.486. The second-order valence-corrected chi connectivity index (χ2v) is 3.10. The Labute approximate surface area is 105 Å². The van der Waals surface area contributed by atoms with E-state index in [1.807, 2.05) is 0 Å². The van der Waals surface area contributed by atoms with E-state index in [9.17, 15) is 23.7 Å². The molecular weight excluding hydrogens is 266 g/mol. The molecule has 0 unspecified atom stereocenters. The van der Waals surface area contributed by atoms with Crippen molar-refractivity contribution in [1.29, 1.82) is 5.26 Å². The Morgan fingerprint density at radius 1 is 1.53 bits per heavy atom. The van der Waals surface area contributed by atoms with Gasteiger partial charge in [0.25, 0.3) is 5.69 Å². The van der Waals surface area contributed by atoms with E-state index in [4.69, 9.17) is 5.26 Å². The summed E-state index contributed by atoms with van der Waals surface area (Å²) in [5.74, 6) is -1.74. The van der Waals surface area contributed by atoms with Crippen molar-refractivity contribution in [1.82, 2.24) is 0 Å². The Morgan fingerprint density at radius 2 is 2.16 bits per heavy atom. The number of nitrogens with zero attached hydrogens (tertiary/aromatic N) is 2. The molecule has 7 nitrogen and oxygen atoms in total. The van der Waals surface area contributed by atoms with Crippen molar-refractivity contribution in [2.24, 2.45) is 0 Å². The zero-order valence-electron chi connectivity index (χ0n) is 9.42. The number of carbonyl (C=O) groups excluding carboxylic acids is 1. The number of methoxy groups -OCH3 is 1. The van der Waals surface area contributed by atoms with Crippen molar-refractivity contribution in [2.75, 3.05) is 7.11 Å². The molecule has 0 aliphatic heterocycles. The van der Waals surface area contributed by atoms with Crippen molar-refractivity contribution < 1.29 is 28.0 Å². The van der Waals surface area contributed by atoms with E-state index < -0.39 is 40.1 Å². The molecule has 19 heavy (non-hydrogen) atoms. The number of hydrogen-bond donors (Lipinski definition) is 0. The molecule has 0 atom stereocenters. The van der Waals surface area contributed by atoms with Crippen LogP contribution in [-0.2, 0) is 4.74 Å². The maximum Gasteiger partial charge on any atom is 0.387 e. The molecule has 0 fully saturated rings. The molecule has 100 valence electrons. The highest BCUT2D eigenvalue weighted by Crippen LogP contribution is 2.30. The van der Waals surface area contributed by atoms with Crippen LogP contribution in [0.3, 0.4) is 0 Å². The molecule has 9 heteroatoms. The number of benzene rings is 1. The maximum absolute atomic E-state index is 12.1. The molecule has 0 saturated heterocycles. The zero-order chi connectivity index (χ0) is 14.6. The number of halogens is 2. The summed E-state index contributed by atoms with van der Waals surface area (Å²) in [5.41, 5.74) is -1.80. The highest BCUT2D eigenvalue weighted by molar-refractivity contribution is 5.94. The third-order valence-corrected chi connectivity index (χ3v) is 2.04. The highest BCUT2D eigenvalue weighted by Gasteiger charge is 2.25. The zero-order valence-corrected chi connectivity index (χ0v) is 9.42. The molecule has 0 amide bonds. The fourth-order valence-corrected chi connectivity index (χ4v) is 1.27. The second-order valence-electron chi connectivity index (χ2n) is 3.10. The van der Waals surface area contributed by atoms with Gasteiger partial charge in [0.15, 0.2) is 0 Å². The van der Waals surface area contributed by atoms with Crippen LogP contribution in [0.4, 0.5) is 14.5 Å². The summed E-state index contributed by atoms with van der Waals surface area (Å²) in [7, 11) is 0.970. The Kier molecular flexibility index (Phi) is 4.31. The van der Waals surface area contributed by atoms with E-state index in [1.54, 1.807) is 0 Å². The first-order chi connectivity index (χ1) is 8.90. The van der Waals surface area contributed by atoms with Crippen molar-refractivity contribution in [3.05, 3.63) is 33.4 Å². The number of nitro benzene ring substituents is 1. The highest BCUT2D eigenvalue weighted by atomic mass is 19.3. The molecule has 0 aliphatic rings. The van der Waals surface area contributed by atoms with Crippen molar-refractivity contribution in [3.8, 4) is 11.8 Å². The van der Waals surface area contributed by atoms with Crippen LogP contribution in [-0.4, -0.2) is 24.6 Å². The average molecular weight is 272 g/mol. The van der Waals surface area contributed by atoms with Crippen LogP contribution in [0.2, 0.25) is 0 Å². The summed E-state index contributed by atoms with van der Waals surface area (Å²) in [4.78, 5) is 21.1. The lowest BCUT2D eigenvalue weighted by Gasteiger charge is -2.08. The van der Waals surface area contributed by atoms with Gasteiger partial charge < -0.3 is 9.47 Å². The van der Waals surface area contributed by atoms with Gasteiger partial charge in [0.2, 0.25) is 0 Å². The number of alkyl halides is 2. The van der Waals surface area contributed by atoms with Crippen molar-refractivity contribution in [2.45, 2.75) is 6.61 Å². The molecular formula is C10H6F2N2O5. The van der Waals surface area contributed by atoms with Crippen LogP contribution < -0.4 is 4.74 Å². The van der Waals surface area contributed by atoms with Gasteiger partial charge in [-0.3, -0.25) is 10.1 Å². The number of esters is 1. The minimum atomic E-state index is -3.24. The molecule has 0 saturated carbocycles. The lowest BCUT2D eigenvalue weighted by molar-refractivity contribution is -0.385. The van der Waals surface area contributed by atoms with Crippen LogP contribution in [0.15, 0.2) is 12.1 Å². The lowest BCUT2D eigenvalue weighted by atomic mass is 10.1. The van der Waals surface area contributed by atoms with Gasteiger partial charge in [-0.25, -0.2) is 4.79 Å². The number of carbonyl (C=O) groups is 1. The number of rotatable bonds is 4. The van der Waals surface area contributed by atoms with Gasteiger partial charge in [0.1, 0.15) is 22.9 Å². The van der Waals surface area contributed by atoms with Gasteiger partial charge in [-0.2, -0.15) is 14.0 Å². The minimum Gasteiger partial charge on any atom is -0.465 e. The van der Waals surface area contributed by atoms with Crippen LogP contribution in [0, 0.1) is 21.4 Å². The average Bonchev–Trinajstić information content (AvgIpc) is 2.36. The van der Waals surface area contributed by atoms with Gasteiger partial charge >= 0.3 is 12.6 Å². The fraction of sp³-hybridized carbons (Fsp3) is 0.200. The summed E-state index contributed by atoms with van der Waals surface area (Å²) in [6, 6.07) is 2.81. The standard InChI is InChI=1S/C10H6F2N2O5/c1-18-9(15)6-3-8(19-10(11)12)5(4-13)2-7(6)14(16)17/h2-3,10H,1H3. The molecule has 0 heterocycles. The smallest absolute Gasteiger partial charge is 0.387 e. The van der Waals surface area contributed by atoms with Crippen molar-refractivity contribution in [3.63, 3.8) is 0 Å².